The van der Waals surface area contributed by atoms with E-state index in [4.69, 9.17) is 14.2 Å². The van der Waals surface area contributed by atoms with Crippen LogP contribution in [0.3, 0.4) is 0 Å². The molecule has 2 aliphatic rings. The van der Waals surface area contributed by atoms with Gasteiger partial charge < -0.3 is 30.1 Å². The quantitative estimate of drug-likeness (QED) is 0.460. The summed E-state index contributed by atoms with van der Waals surface area (Å²) in [5, 5.41) is 13.5. The van der Waals surface area contributed by atoms with Gasteiger partial charge in [0, 0.05) is 42.3 Å². The first-order valence-electron chi connectivity index (χ1n) is 11.3. The van der Waals surface area contributed by atoms with E-state index in [-0.39, 0.29) is 36.1 Å². The Morgan fingerprint density at radius 3 is 2.57 bits per heavy atom. The van der Waals surface area contributed by atoms with Crippen molar-refractivity contribution < 1.29 is 34.4 Å². The molecule has 2 aromatic carbocycles. The normalized spacial score (nSPS) is 19.5. The Hall–Kier alpha value is -3.62. The predicted molar refractivity (Wildman–Crippen MR) is 130 cm³/mol. The molecule has 1 aliphatic carbocycles. The Morgan fingerprint density at radius 2 is 1.86 bits per heavy atom. The number of allylic oxidation sites excluding steroid dienone is 3. The number of phenolic OH excluding ortho intramolecular Hbond substituents is 1. The van der Waals surface area contributed by atoms with Crippen molar-refractivity contribution in [3.8, 4) is 11.5 Å². The third kappa shape index (κ3) is 5.23. The average molecular weight is 482 g/mol. The van der Waals surface area contributed by atoms with Crippen LogP contribution in [0.15, 0.2) is 71.1 Å². The molecule has 0 fully saturated rings. The number of ether oxygens (including phenoxy) is 3. The zero-order valence-corrected chi connectivity index (χ0v) is 20.1. The fraction of sp³-hybridized carbons (Fsp3) is 0.333. The zero-order chi connectivity index (χ0) is 24.2. The molecule has 2 aromatic rings. The van der Waals surface area contributed by atoms with Crippen LogP contribution >= 0.6 is 0 Å². The summed E-state index contributed by atoms with van der Waals surface area (Å²) >= 11 is 0. The second kappa shape index (κ2) is 11.2. The van der Waals surface area contributed by atoms with Gasteiger partial charge in [0.15, 0.2) is 5.78 Å². The summed E-state index contributed by atoms with van der Waals surface area (Å²) < 4.78 is 16.0. The average Bonchev–Trinajstić information content (AvgIpc) is 2.83. The van der Waals surface area contributed by atoms with E-state index in [1.54, 1.807) is 25.3 Å². The molecule has 4 rings (SSSR count). The lowest BCUT2D eigenvalue weighted by atomic mass is 9.71. The number of para-hydroxylation sites is 1. The number of nitrogens with one attached hydrogen (secondary N) is 1. The molecular weight excluding hydrogens is 450 g/mol. The summed E-state index contributed by atoms with van der Waals surface area (Å²) in [5.74, 6) is -0.431. The lowest BCUT2D eigenvalue weighted by molar-refractivity contribution is -0.140. The van der Waals surface area contributed by atoms with Gasteiger partial charge in [-0.25, -0.2) is 4.79 Å². The van der Waals surface area contributed by atoms with Gasteiger partial charge in [-0.1, -0.05) is 30.3 Å². The number of dihydropyridines is 1. The van der Waals surface area contributed by atoms with E-state index in [0.717, 1.165) is 17.0 Å². The molecule has 8 nitrogen and oxygen atoms in total. The summed E-state index contributed by atoms with van der Waals surface area (Å²) in [7, 11) is 3.16. The van der Waals surface area contributed by atoms with E-state index in [1.807, 2.05) is 37.3 Å². The van der Waals surface area contributed by atoms with Crippen LogP contribution in [0.25, 0.3) is 0 Å². The fourth-order valence-electron chi connectivity index (χ4n) is 4.87. The highest BCUT2D eigenvalue weighted by Gasteiger charge is 2.41. The van der Waals surface area contributed by atoms with Gasteiger partial charge in [0.2, 0.25) is 0 Å². The number of benzene rings is 2. The molecule has 0 amide bonds. The molecule has 0 saturated heterocycles. The van der Waals surface area contributed by atoms with E-state index in [0.29, 0.717) is 35.2 Å². The van der Waals surface area contributed by atoms with Gasteiger partial charge in [-0.15, -0.1) is 0 Å². The Balaban J connectivity index is 0.00000342. The van der Waals surface area contributed by atoms with Gasteiger partial charge in [-0.05, 0) is 42.7 Å². The first-order valence-corrected chi connectivity index (χ1v) is 11.3. The number of rotatable bonds is 7. The maximum Gasteiger partial charge on any atom is 0.336 e. The number of Topliss-reactive ketones (excluding diaryl/α,β-unsaturated/α-hetero) is 1. The molecule has 8 heteroatoms. The molecular formula is C27H31NO7. The van der Waals surface area contributed by atoms with E-state index in [1.165, 1.54) is 7.11 Å². The van der Waals surface area contributed by atoms with Gasteiger partial charge >= 0.3 is 5.97 Å². The highest BCUT2D eigenvalue weighted by molar-refractivity contribution is 6.04. The number of ketones is 1. The second-order valence-electron chi connectivity index (χ2n) is 8.48. The molecule has 0 spiro atoms. The monoisotopic (exact) mass is 481 g/mol. The molecule has 1 aliphatic heterocycles. The van der Waals surface area contributed by atoms with Gasteiger partial charge in [-0.2, -0.15) is 0 Å². The Morgan fingerprint density at radius 1 is 1.09 bits per heavy atom. The minimum Gasteiger partial charge on any atom is -0.508 e. The van der Waals surface area contributed by atoms with E-state index in [9.17, 15) is 14.7 Å². The van der Waals surface area contributed by atoms with Crippen LogP contribution in [0.5, 0.6) is 11.5 Å². The maximum atomic E-state index is 13.6. The highest BCUT2D eigenvalue weighted by Crippen LogP contribution is 2.47. The van der Waals surface area contributed by atoms with Gasteiger partial charge in [0.1, 0.15) is 18.1 Å². The first kappa shape index (κ1) is 26.0. The molecule has 0 radical (unpaired) electrons. The largest absolute Gasteiger partial charge is 0.508 e. The highest BCUT2D eigenvalue weighted by atomic mass is 16.6. The van der Waals surface area contributed by atoms with Gasteiger partial charge in [0.05, 0.1) is 19.3 Å². The van der Waals surface area contributed by atoms with Crippen LogP contribution in [0.4, 0.5) is 0 Å². The summed E-state index contributed by atoms with van der Waals surface area (Å²) in [6.07, 6.45) is 0.890. The summed E-state index contributed by atoms with van der Waals surface area (Å²) in [4.78, 5) is 26.7. The van der Waals surface area contributed by atoms with Crippen molar-refractivity contribution in [3.05, 3.63) is 82.2 Å². The molecule has 0 bridgehead atoms. The van der Waals surface area contributed by atoms with Crippen LogP contribution in [0.1, 0.15) is 42.7 Å². The number of phenols is 1. The van der Waals surface area contributed by atoms with Crippen molar-refractivity contribution in [2.24, 2.45) is 0 Å². The predicted octanol–water partition coefficient (Wildman–Crippen LogP) is 3.13. The van der Waals surface area contributed by atoms with Crippen molar-refractivity contribution in [1.82, 2.24) is 5.32 Å². The molecule has 1 heterocycles. The number of esters is 1. The SMILES string of the molecule is COCCOC(=O)C1=C(C)NC2=C(C(=O)CC(c3ccccc3OC)C2)C1c1cccc(O)c1.O. The molecule has 0 saturated carbocycles. The minimum absolute atomic E-state index is 0. The third-order valence-electron chi connectivity index (χ3n) is 6.35. The van der Waals surface area contributed by atoms with Gasteiger partial charge in [-0.3, -0.25) is 4.79 Å². The van der Waals surface area contributed by atoms with E-state index in [2.05, 4.69) is 5.32 Å². The van der Waals surface area contributed by atoms with Gasteiger partial charge in [0.25, 0.3) is 0 Å². The molecule has 2 atom stereocenters. The van der Waals surface area contributed by atoms with E-state index >= 15 is 0 Å². The van der Waals surface area contributed by atoms with Crippen molar-refractivity contribution in [3.63, 3.8) is 0 Å². The van der Waals surface area contributed by atoms with Crippen LogP contribution in [0, 0.1) is 0 Å². The van der Waals surface area contributed by atoms with Crippen LogP contribution in [0.2, 0.25) is 0 Å². The smallest absolute Gasteiger partial charge is 0.336 e. The lowest BCUT2D eigenvalue weighted by Gasteiger charge is -2.37. The standard InChI is InChI=1S/C27H29NO6.H2O/c1-16-24(27(31)34-12-11-32-2)25(17-7-6-8-19(29)13-17)26-21(28-16)14-18(15-22(26)30)20-9-4-5-10-23(20)33-3;/h4-10,13,18,25,28-29H,11-12,14-15H2,1-3H3;1H2. The van der Waals surface area contributed by atoms with E-state index < -0.39 is 11.9 Å². The number of aromatic hydroxyl groups is 1. The molecule has 4 N–H and O–H groups in total. The summed E-state index contributed by atoms with van der Waals surface area (Å²) in [6.45, 7) is 2.19. The number of hydrogen-bond acceptors (Lipinski definition) is 7. The Bertz CT molecular complexity index is 1170. The molecule has 35 heavy (non-hydrogen) atoms. The number of hydrogen-bond donors (Lipinski definition) is 2. The second-order valence-corrected chi connectivity index (χ2v) is 8.48. The summed E-state index contributed by atoms with van der Waals surface area (Å²) in [6, 6.07) is 14.4. The van der Waals surface area contributed by atoms with Crippen LogP contribution < -0.4 is 10.1 Å². The Kier molecular flexibility index (Phi) is 8.32. The third-order valence-corrected chi connectivity index (χ3v) is 6.35. The number of carbonyl (C=O) groups is 2. The Labute approximate surface area is 204 Å². The number of carbonyl (C=O) groups excluding carboxylic acids is 2. The van der Waals surface area contributed by atoms with Crippen molar-refractivity contribution in [2.45, 2.75) is 31.6 Å². The zero-order valence-electron chi connectivity index (χ0n) is 20.1. The topological polar surface area (TPSA) is 126 Å². The van der Waals surface area contributed by atoms with Crippen LogP contribution in [-0.4, -0.2) is 49.8 Å². The summed E-state index contributed by atoms with van der Waals surface area (Å²) in [5.41, 5.74) is 3.96. The molecule has 2 unspecified atom stereocenters. The minimum atomic E-state index is -0.635. The van der Waals surface area contributed by atoms with Crippen molar-refractivity contribution in [1.29, 1.82) is 0 Å². The molecule has 186 valence electrons. The molecule has 0 aromatic heterocycles. The fourth-order valence-corrected chi connectivity index (χ4v) is 4.87. The lowest BCUT2D eigenvalue weighted by Crippen LogP contribution is -2.36. The van der Waals surface area contributed by atoms with Crippen molar-refractivity contribution >= 4 is 11.8 Å². The first-order chi connectivity index (χ1) is 16.4. The number of methoxy groups -OCH3 is 2. The maximum absolute atomic E-state index is 13.6. The van der Waals surface area contributed by atoms with Crippen molar-refractivity contribution in [2.75, 3.05) is 27.4 Å². The van der Waals surface area contributed by atoms with Crippen LogP contribution in [-0.2, 0) is 19.1 Å².